The topological polar surface area (TPSA) is 89.8 Å². The van der Waals surface area contributed by atoms with Crippen LogP contribution in [-0.4, -0.2) is 43.6 Å². The first-order chi connectivity index (χ1) is 16.0. The normalized spacial score (nSPS) is 12.7. The third-order valence-electron chi connectivity index (χ3n) is 5.20. The monoisotopic (exact) mass is 470 g/mol. The summed E-state index contributed by atoms with van der Waals surface area (Å²) in [5, 5.41) is 6.73. The molecule has 2 aromatic carbocycles. The number of methoxy groups -OCH3 is 1. The molecule has 0 bridgehead atoms. The summed E-state index contributed by atoms with van der Waals surface area (Å²) >= 11 is 1.61. The molecule has 1 heterocycles. The largest absolute Gasteiger partial charge is 0.496 e. The van der Waals surface area contributed by atoms with Crippen LogP contribution in [0.5, 0.6) is 11.5 Å². The summed E-state index contributed by atoms with van der Waals surface area (Å²) in [7, 11) is 1.51. The standard InChI is InChI=1S/C25H30N2O5S/c1-5-31-21-12-8-9-17-15-22(32-23(17)21)16(2)26-25(29)19(13-14-33-4)27-24(28)18-10-6-7-11-20(18)30-3/h6-12,15-16,19H,5,13-14H2,1-4H3,(H,26,29)(H,27,28). The van der Waals surface area contributed by atoms with E-state index < -0.39 is 6.04 Å². The number of ether oxygens (including phenoxy) is 2. The van der Waals surface area contributed by atoms with Crippen molar-refractivity contribution in [1.29, 1.82) is 0 Å². The van der Waals surface area contributed by atoms with E-state index in [1.165, 1.54) is 7.11 Å². The SMILES string of the molecule is CCOc1cccc2cc(C(C)NC(=O)C(CCSC)NC(=O)c3ccccc3OC)oc12. The second-order valence-electron chi connectivity index (χ2n) is 7.49. The van der Waals surface area contributed by atoms with Crippen LogP contribution in [0.1, 0.15) is 42.4 Å². The average Bonchev–Trinajstić information content (AvgIpc) is 3.27. The summed E-state index contributed by atoms with van der Waals surface area (Å²) in [6.45, 7) is 4.30. The van der Waals surface area contributed by atoms with Crippen LogP contribution in [0.4, 0.5) is 0 Å². The number of fused-ring (bicyclic) bond motifs is 1. The first kappa shape index (κ1) is 24.5. The number of amides is 2. The van der Waals surface area contributed by atoms with Gasteiger partial charge in [-0.15, -0.1) is 0 Å². The van der Waals surface area contributed by atoms with Gasteiger partial charge >= 0.3 is 0 Å². The van der Waals surface area contributed by atoms with E-state index >= 15 is 0 Å². The number of furan rings is 1. The minimum Gasteiger partial charge on any atom is -0.496 e. The smallest absolute Gasteiger partial charge is 0.255 e. The van der Waals surface area contributed by atoms with Gasteiger partial charge in [0.2, 0.25) is 5.91 Å². The molecule has 0 fully saturated rings. The molecule has 0 saturated heterocycles. The predicted octanol–water partition coefficient (Wildman–Crippen LogP) is 4.57. The van der Waals surface area contributed by atoms with Crippen LogP contribution in [0.3, 0.4) is 0 Å². The lowest BCUT2D eigenvalue weighted by Gasteiger charge is -2.21. The van der Waals surface area contributed by atoms with Gasteiger partial charge in [-0.25, -0.2) is 0 Å². The number of nitrogens with one attached hydrogen (secondary N) is 2. The van der Waals surface area contributed by atoms with Crippen LogP contribution < -0.4 is 20.1 Å². The van der Waals surface area contributed by atoms with Crippen molar-refractivity contribution >= 4 is 34.5 Å². The maximum atomic E-state index is 13.1. The zero-order chi connectivity index (χ0) is 23.8. The Balaban J connectivity index is 1.74. The van der Waals surface area contributed by atoms with Crippen LogP contribution in [-0.2, 0) is 4.79 Å². The first-order valence-electron chi connectivity index (χ1n) is 10.9. The van der Waals surface area contributed by atoms with E-state index in [-0.39, 0.29) is 17.9 Å². The summed E-state index contributed by atoms with van der Waals surface area (Å²) in [5.41, 5.74) is 1.04. The molecule has 33 heavy (non-hydrogen) atoms. The van der Waals surface area contributed by atoms with E-state index in [1.807, 2.05) is 44.4 Å². The van der Waals surface area contributed by atoms with E-state index in [2.05, 4.69) is 10.6 Å². The molecule has 3 aromatic rings. The van der Waals surface area contributed by atoms with E-state index in [0.717, 1.165) is 11.1 Å². The summed E-state index contributed by atoms with van der Waals surface area (Å²) in [6, 6.07) is 13.4. The zero-order valence-corrected chi connectivity index (χ0v) is 20.2. The fourth-order valence-corrected chi connectivity index (χ4v) is 3.97. The van der Waals surface area contributed by atoms with E-state index in [1.54, 1.807) is 36.0 Å². The minimum atomic E-state index is -0.694. The Morgan fingerprint density at radius 3 is 2.58 bits per heavy atom. The summed E-state index contributed by atoms with van der Waals surface area (Å²) in [6.07, 6.45) is 2.46. The van der Waals surface area contributed by atoms with Crippen LogP contribution in [0.25, 0.3) is 11.0 Å². The molecule has 2 N–H and O–H groups in total. The summed E-state index contributed by atoms with van der Waals surface area (Å²) in [4.78, 5) is 26.0. The predicted molar refractivity (Wildman–Crippen MR) is 131 cm³/mol. The molecular weight excluding hydrogens is 440 g/mol. The van der Waals surface area contributed by atoms with E-state index in [0.29, 0.717) is 41.4 Å². The van der Waals surface area contributed by atoms with Crippen molar-refractivity contribution < 1.29 is 23.5 Å². The highest BCUT2D eigenvalue weighted by Crippen LogP contribution is 2.31. The zero-order valence-electron chi connectivity index (χ0n) is 19.3. The molecule has 2 atom stereocenters. The van der Waals surface area contributed by atoms with Crippen LogP contribution in [0.2, 0.25) is 0 Å². The Hall–Kier alpha value is -3.13. The summed E-state index contributed by atoms with van der Waals surface area (Å²) in [5.74, 6) is 1.84. The average molecular weight is 471 g/mol. The van der Waals surface area contributed by atoms with Gasteiger partial charge in [-0.3, -0.25) is 9.59 Å². The first-order valence-corrected chi connectivity index (χ1v) is 12.3. The second kappa shape index (κ2) is 11.7. The number of carbonyl (C=O) groups excluding carboxylic acids is 2. The van der Waals surface area contributed by atoms with Gasteiger partial charge in [-0.2, -0.15) is 11.8 Å². The fourth-order valence-electron chi connectivity index (χ4n) is 3.50. The quantitative estimate of drug-likeness (QED) is 0.427. The minimum absolute atomic E-state index is 0.273. The van der Waals surface area contributed by atoms with Crippen LogP contribution >= 0.6 is 11.8 Å². The number of thioether (sulfide) groups is 1. The Morgan fingerprint density at radius 1 is 1.09 bits per heavy atom. The van der Waals surface area contributed by atoms with Gasteiger partial charge in [0, 0.05) is 5.39 Å². The Bertz CT molecular complexity index is 1100. The molecule has 0 radical (unpaired) electrons. The molecule has 1 aromatic heterocycles. The molecule has 2 unspecified atom stereocenters. The lowest BCUT2D eigenvalue weighted by atomic mass is 10.1. The Kier molecular flexibility index (Phi) is 8.65. The van der Waals surface area contributed by atoms with Gasteiger partial charge < -0.3 is 24.5 Å². The highest BCUT2D eigenvalue weighted by atomic mass is 32.2. The van der Waals surface area contributed by atoms with Crippen molar-refractivity contribution in [3.63, 3.8) is 0 Å². The Labute approximate surface area is 198 Å². The molecule has 0 aliphatic rings. The van der Waals surface area contributed by atoms with Crippen LogP contribution in [0.15, 0.2) is 52.9 Å². The van der Waals surface area contributed by atoms with Gasteiger partial charge in [-0.05, 0) is 56.5 Å². The third-order valence-corrected chi connectivity index (χ3v) is 5.84. The highest BCUT2D eigenvalue weighted by Gasteiger charge is 2.25. The van der Waals surface area contributed by atoms with E-state index in [9.17, 15) is 9.59 Å². The molecule has 2 amide bonds. The van der Waals surface area contributed by atoms with Crippen molar-refractivity contribution in [2.24, 2.45) is 0 Å². The number of hydrogen-bond donors (Lipinski definition) is 2. The third kappa shape index (κ3) is 6.01. The van der Waals surface area contributed by atoms with Crippen molar-refractivity contribution in [1.82, 2.24) is 10.6 Å². The maximum Gasteiger partial charge on any atom is 0.255 e. The Morgan fingerprint density at radius 2 is 1.85 bits per heavy atom. The van der Waals surface area contributed by atoms with E-state index in [4.69, 9.17) is 13.9 Å². The number of benzene rings is 2. The molecule has 0 spiro atoms. The molecule has 0 aliphatic heterocycles. The molecule has 8 heteroatoms. The van der Waals surface area contributed by atoms with Gasteiger partial charge in [0.1, 0.15) is 17.6 Å². The molecule has 0 saturated carbocycles. The number of carbonyl (C=O) groups is 2. The van der Waals surface area contributed by atoms with Crippen LogP contribution in [0, 0.1) is 0 Å². The molecule has 0 aliphatic carbocycles. The maximum absolute atomic E-state index is 13.1. The lowest BCUT2D eigenvalue weighted by molar-refractivity contribution is -0.123. The molecule has 176 valence electrons. The van der Waals surface area contributed by atoms with Gasteiger partial charge in [-0.1, -0.05) is 24.3 Å². The number of hydrogen-bond acceptors (Lipinski definition) is 6. The fraction of sp³-hybridized carbons (Fsp3) is 0.360. The highest BCUT2D eigenvalue weighted by molar-refractivity contribution is 7.98. The van der Waals surface area contributed by atoms with Crippen molar-refractivity contribution in [3.8, 4) is 11.5 Å². The van der Waals surface area contributed by atoms with Gasteiger partial charge in [0.25, 0.3) is 5.91 Å². The second-order valence-corrected chi connectivity index (χ2v) is 8.48. The summed E-state index contributed by atoms with van der Waals surface area (Å²) < 4.78 is 16.9. The number of rotatable bonds is 11. The molecule has 7 nitrogen and oxygen atoms in total. The van der Waals surface area contributed by atoms with Crippen molar-refractivity contribution in [2.75, 3.05) is 25.7 Å². The van der Waals surface area contributed by atoms with Crippen molar-refractivity contribution in [2.45, 2.75) is 32.4 Å². The molecular formula is C25H30N2O5S. The molecule has 3 rings (SSSR count). The lowest BCUT2D eigenvalue weighted by Crippen LogP contribution is -2.47. The van der Waals surface area contributed by atoms with Gasteiger partial charge in [0.15, 0.2) is 11.3 Å². The van der Waals surface area contributed by atoms with Gasteiger partial charge in [0.05, 0.1) is 25.3 Å². The number of para-hydroxylation sites is 2. The van der Waals surface area contributed by atoms with Crippen molar-refractivity contribution in [3.05, 3.63) is 59.9 Å².